The van der Waals surface area contributed by atoms with Gasteiger partial charge >= 0.3 is 5.97 Å². The number of methoxy groups -OCH3 is 1. The van der Waals surface area contributed by atoms with Crippen molar-refractivity contribution >= 4 is 33.5 Å². The van der Waals surface area contributed by atoms with Crippen LogP contribution in [-0.4, -0.2) is 19.0 Å². The van der Waals surface area contributed by atoms with E-state index in [9.17, 15) is 9.59 Å². The third-order valence-corrected chi connectivity index (χ3v) is 2.75. The second kappa shape index (κ2) is 6.39. The maximum atomic E-state index is 11.6. The molecule has 0 heterocycles. The van der Waals surface area contributed by atoms with Crippen LogP contribution in [0.4, 0.5) is 5.69 Å². The summed E-state index contributed by atoms with van der Waals surface area (Å²) in [7, 11) is 1.30. The molecule has 17 heavy (non-hydrogen) atoms. The van der Waals surface area contributed by atoms with E-state index in [1.807, 2.05) is 25.1 Å². The molecule has 0 saturated carbocycles. The van der Waals surface area contributed by atoms with Gasteiger partial charge in [0.15, 0.2) is 0 Å². The average Bonchev–Trinajstić information content (AvgIpc) is 2.30. The van der Waals surface area contributed by atoms with E-state index in [1.54, 1.807) is 0 Å². The number of carbonyl (C=O) groups excluding carboxylic acids is 2. The van der Waals surface area contributed by atoms with Crippen molar-refractivity contribution in [2.75, 3.05) is 12.4 Å². The predicted octanol–water partition coefficient (Wildman–Crippen LogP) is 2.65. The lowest BCUT2D eigenvalue weighted by molar-refractivity contribution is -0.141. The SMILES string of the molecule is COC(=O)CCC(=O)Nc1cc(Br)ccc1C. The monoisotopic (exact) mass is 299 g/mol. The molecule has 1 amide bonds. The van der Waals surface area contributed by atoms with Crippen LogP contribution in [-0.2, 0) is 14.3 Å². The Morgan fingerprint density at radius 3 is 2.71 bits per heavy atom. The first-order valence-corrected chi connectivity index (χ1v) is 5.95. The molecule has 0 aromatic heterocycles. The van der Waals surface area contributed by atoms with E-state index < -0.39 is 0 Å². The molecule has 0 aliphatic rings. The van der Waals surface area contributed by atoms with Crippen molar-refractivity contribution < 1.29 is 14.3 Å². The van der Waals surface area contributed by atoms with Gasteiger partial charge in [0.05, 0.1) is 13.5 Å². The number of halogens is 1. The maximum Gasteiger partial charge on any atom is 0.306 e. The van der Waals surface area contributed by atoms with Crippen molar-refractivity contribution in [2.24, 2.45) is 0 Å². The molecule has 0 saturated heterocycles. The molecule has 1 aromatic rings. The maximum absolute atomic E-state index is 11.6. The normalized spacial score (nSPS) is 9.82. The minimum Gasteiger partial charge on any atom is -0.469 e. The second-order valence-corrected chi connectivity index (χ2v) is 4.50. The van der Waals surface area contributed by atoms with Crippen LogP contribution in [0.15, 0.2) is 22.7 Å². The predicted molar refractivity (Wildman–Crippen MR) is 68.8 cm³/mol. The van der Waals surface area contributed by atoms with Crippen LogP contribution in [0.1, 0.15) is 18.4 Å². The number of anilines is 1. The summed E-state index contributed by atoms with van der Waals surface area (Å²) in [5.41, 5.74) is 1.72. The largest absolute Gasteiger partial charge is 0.469 e. The summed E-state index contributed by atoms with van der Waals surface area (Å²) >= 11 is 3.33. The number of hydrogen-bond donors (Lipinski definition) is 1. The Hall–Kier alpha value is -1.36. The van der Waals surface area contributed by atoms with Crippen molar-refractivity contribution in [3.05, 3.63) is 28.2 Å². The van der Waals surface area contributed by atoms with Gasteiger partial charge < -0.3 is 10.1 Å². The van der Waals surface area contributed by atoms with Crippen LogP contribution in [0.3, 0.4) is 0 Å². The Morgan fingerprint density at radius 1 is 1.35 bits per heavy atom. The van der Waals surface area contributed by atoms with Crippen LogP contribution in [0, 0.1) is 6.92 Å². The molecule has 1 N–H and O–H groups in total. The molecule has 0 atom stereocenters. The summed E-state index contributed by atoms with van der Waals surface area (Å²) in [6, 6.07) is 5.63. The van der Waals surface area contributed by atoms with Gasteiger partial charge in [-0.1, -0.05) is 22.0 Å². The zero-order chi connectivity index (χ0) is 12.8. The van der Waals surface area contributed by atoms with Crippen molar-refractivity contribution in [1.29, 1.82) is 0 Å². The highest BCUT2D eigenvalue weighted by molar-refractivity contribution is 9.10. The number of benzene rings is 1. The second-order valence-electron chi connectivity index (χ2n) is 3.58. The van der Waals surface area contributed by atoms with E-state index in [0.29, 0.717) is 0 Å². The lowest BCUT2D eigenvalue weighted by atomic mass is 10.2. The highest BCUT2D eigenvalue weighted by Gasteiger charge is 2.08. The third-order valence-electron chi connectivity index (χ3n) is 2.26. The molecule has 4 nitrogen and oxygen atoms in total. The Bertz CT molecular complexity index is 432. The van der Waals surface area contributed by atoms with Gasteiger partial charge in [-0.3, -0.25) is 9.59 Å². The lowest BCUT2D eigenvalue weighted by Crippen LogP contribution is -2.14. The highest BCUT2D eigenvalue weighted by atomic mass is 79.9. The van der Waals surface area contributed by atoms with Crippen molar-refractivity contribution in [2.45, 2.75) is 19.8 Å². The zero-order valence-corrected chi connectivity index (χ0v) is 11.3. The molecule has 0 bridgehead atoms. The van der Waals surface area contributed by atoms with Gasteiger partial charge in [-0.25, -0.2) is 0 Å². The fraction of sp³-hybridized carbons (Fsp3) is 0.333. The first-order chi connectivity index (χ1) is 8.02. The minimum atomic E-state index is -0.383. The van der Waals surface area contributed by atoms with Crippen LogP contribution in [0.2, 0.25) is 0 Å². The van der Waals surface area contributed by atoms with Crippen LogP contribution >= 0.6 is 15.9 Å². The van der Waals surface area contributed by atoms with Gasteiger partial charge in [0.25, 0.3) is 0 Å². The van der Waals surface area contributed by atoms with Gasteiger partial charge in [-0.15, -0.1) is 0 Å². The van der Waals surface area contributed by atoms with E-state index in [-0.39, 0.29) is 24.7 Å². The van der Waals surface area contributed by atoms with Crippen LogP contribution in [0.25, 0.3) is 0 Å². The molecule has 0 fully saturated rings. The van der Waals surface area contributed by atoms with E-state index in [0.717, 1.165) is 15.7 Å². The van der Waals surface area contributed by atoms with Crippen LogP contribution < -0.4 is 5.32 Å². The molecule has 92 valence electrons. The molecular weight excluding hydrogens is 286 g/mol. The van der Waals surface area contributed by atoms with Crippen molar-refractivity contribution in [3.8, 4) is 0 Å². The topological polar surface area (TPSA) is 55.4 Å². The van der Waals surface area contributed by atoms with Gasteiger partial charge in [-0.05, 0) is 24.6 Å². The van der Waals surface area contributed by atoms with Crippen LogP contribution in [0.5, 0.6) is 0 Å². The molecule has 1 aromatic carbocycles. The van der Waals surface area contributed by atoms with Crippen molar-refractivity contribution in [3.63, 3.8) is 0 Å². The number of nitrogens with one attached hydrogen (secondary N) is 1. The third kappa shape index (κ3) is 4.56. The fourth-order valence-corrected chi connectivity index (χ4v) is 1.62. The summed E-state index contributed by atoms with van der Waals surface area (Å²) in [6.07, 6.45) is 0.216. The summed E-state index contributed by atoms with van der Waals surface area (Å²) < 4.78 is 5.36. The lowest BCUT2D eigenvalue weighted by Gasteiger charge is -2.08. The summed E-state index contributed by atoms with van der Waals surface area (Å²) in [5.74, 6) is -0.581. The summed E-state index contributed by atoms with van der Waals surface area (Å²) in [5, 5.41) is 2.75. The molecule has 0 spiro atoms. The van der Waals surface area contributed by atoms with E-state index in [1.165, 1.54) is 7.11 Å². The molecule has 0 unspecified atom stereocenters. The number of aryl methyl sites for hydroxylation is 1. The quantitative estimate of drug-likeness (QED) is 0.870. The highest BCUT2D eigenvalue weighted by Crippen LogP contribution is 2.20. The first kappa shape index (κ1) is 13.7. The Kier molecular flexibility index (Phi) is 5.15. The smallest absolute Gasteiger partial charge is 0.306 e. The first-order valence-electron chi connectivity index (χ1n) is 5.15. The molecule has 5 heteroatoms. The molecule has 1 rings (SSSR count). The van der Waals surface area contributed by atoms with Gasteiger partial charge in [0.1, 0.15) is 0 Å². The molecule has 0 radical (unpaired) electrons. The van der Waals surface area contributed by atoms with Gasteiger partial charge in [0.2, 0.25) is 5.91 Å². The Labute approximate surface area is 108 Å². The number of esters is 1. The fourth-order valence-electron chi connectivity index (χ4n) is 1.26. The Balaban J connectivity index is 2.56. The summed E-state index contributed by atoms with van der Waals surface area (Å²) in [4.78, 5) is 22.4. The van der Waals surface area contributed by atoms with Gasteiger partial charge in [-0.2, -0.15) is 0 Å². The average molecular weight is 300 g/mol. The van der Waals surface area contributed by atoms with E-state index in [2.05, 4.69) is 26.0 Å². The number of amides is 1. The van der Waals surface area contributed by atoms with Gasteiger partial charge in [0, 0.05) is 16.6 Å². The van der Waals surface area contributed by atoms with Crippen molar-refractivity contribution in [1.82, 2.24) is 0 Å². The minimum absolute atomic E-state index is 0.0926. The number of rotatable bonds is 4. The molecule has 0 aliphatic carbocycles. The standard InChI is InChI=1S/C12H14BrNO3/c1-8-3-4-9(13)7-10(8)14-11(15)5-6-12(16)17-2/h3-4,7H,5-6H2,1-2H3,(H,14,15). The number of hydrogen-bond acceptors (Lipinski definition) is 3. The molecular formula is C12H14BrNO3. The molecule has 0 aliphatic heterocycles. The van der Waals surface area contributed by atoms with E-state index in [4.69, 9.17) is 0 Å². The Morgan fingerprint density at radius 2 is 2.06 bits per heavy atom. The number of ether oxygens (including phenoxy) is 1. The van der Waals surface area contributed by atoms with E-state index >= 15 is 0 Å². The summed E-state index contributed by atoms with van der Waals surface area (Å²) in [6.45, 7) is 1.91. The zero-order valence-electron chi connectivity index (χ0n) is 9.75. The number of carbonyl (C=O) groups is 2.